The molecule has 2 aliphatic rings. The van der Waals surface area contributed by atoms with Crippen LogP contribution in [0.15, 0.2) is 214 Å². The summed E-state index contributed by atoms with van der Waals surface area (Å²) in [4.78, 5) is 5.24. The zero-order chi connectivity index (χ0) is 34.5. The Bertz CT molecular complexity index is 2550. The second kappa shape index (κ2) is 12.8. The van der Waals surface area contributed by atoms with Crippen molar-refractivity contribution in [3.8, 4) is 33.4 Å². The third-order valence-electron chi connectivity index (χ3n) is 10.4. The molecule has 0 aromatic heterocycles. The van der Waals surface area contributed by atoms with E-state index in [1.807, 2.05) is 23.5 Å². The summed E-state index contributed by atoms with van der Waals surface area (Å²) in [6.07, 6.45) is 0. The Balaban J connectivity index is 1.20. The average molecular weight is 700 g/mol. The van der Waals surface area contributed by atoms with Gasteiger partial charge in [0, 0.05) is 36.5 Å². The maximum Gasteiger partial charge on any atom is 0.0745 e. The Morgan fingerprint density at radius 3 is 1.58 bits per heavy atom. The van der Waals surface area contributed by atoms with Crippen LogP contribution >= 0.6 is 23.5 Å². The van der Waals surface area contributed by atoms with Crippen LogP contribution in [0.25, 0.3) is 33.4 Å². The van der Waals surface area contributed by atoms with Crippen molar-refractivity contribution in [1.82, 2.24) is 0 Å². The fourth-order valence-electron chi connectivity index (χ4n) is 8.08. The van der Waals surface area contributed by atoms with E-state index in [1.54, 1.807) is 0 Å². The first-order valence-corrected chi connectivity index (χ1v) is 19.3. The van der Waals surface area contributed by atoms with Crippen molar-refractivity contribution in [3.05, 3.63) is 216 Å². The minimum Gasteiger partial charge on any atom is -0.355 e. The monoisotopic (exact) mass is 699 g/mol. The summed E-state index contributed by atoms with van der Waals surface area (Å²) in [5.41, 5.74) is 14.3. The summed E-state index contributed by atoms with van der Waals surface area (Å²) in [6.45, 7) is 0. The third-order valence-corrected chi connectivity index (χ3v) is 12.7. The van der Waals surface area contributed by atoms with Crippen LogP contribution in [0.3, 0.4) is 0 Å². The van der Waals surface area contributed by atoms with Crippen LogP contribution in [-0.2, 0) is 5.41 Å². The molecule has 246 valence electrons. The summed E-state index contributed by atoms with van der Waals surface area (Å²) in [7, 11) is 0. The van der Waals surface area contributed by atoms with Gasteiger partial charge < -0.3 is 5.32 Å². The van der Waals surface area contributed by atoms with E-state index in [-0.39, 0.29) is 0 Å². The Morgan fingerprint density at radius 2 is 0.885 bits per heavy atom. The molecule has 2 aliphatic heterocycles. The van der Waals surface area contributed by atoms with Gasteiger partial charge in [0.25, 0.3) is 0 Å². The maximum absolute atomic E-state index is 3.68. The zero-order valence-electron chi connectivity index (χ0n) is 28.3. The topological polar surface area (TPSA) is 12.0 Å². The fraction of sp³-hybridized carbons (Fsp3) is 0.0204. The summed E-state index contributed by atoms with van der Waals surface area (Å²) >= 11 is 3.80. The molecule has 1 nitrogen and oxygen atoms in total. The Labute approximate surface area is 313 Å². The lowest BCUT2D eigenvalue weighted by atomic mass is 9.64. The molecule has 1 N–H and O–H groups in total. The molecule has 3 heteroatoms. The number of benzene rings is 8. The van der Waals surface area contributed by atoms with Crippen LogP contribution in [0.1, 0.15) is 22.3 Å². The average Bonchev–Trinajstić information content (AvgIpc) is 3.21. The highest BCUT2D eigenvalue weighted by Gasteiger charge is 2.49. The molecule has 0 aliphatic carbocycles. The van der Waals surface area contributed by atoms with Crippen LogP contribution in [0.4, 0.5) is 11.4 Å². The second-order valence-electron chi connectivity index (χ2n) is 13.3. The smallest absolute Gasteiger partial charge is 0.0745 e. The van der Waals surface area contributed by atoms with Gasteiger partial charge in [-0.3, -0.25) is 0 Å². The molecule has 8 aromatic rings. The number of hydrogen-bond acceptors (Lipinski definition) is 3. The molecule has 0 amide bonds. The molecule has 0 fully saturated rings. The van der Waals surface area contributed by atoms with Crippen LogP contribution in [0.2, 0.25) is 0 Å². The predicted octanol–water partition coefficient (Wildman–Crippen LogP) is 13.7. The van der Waals surface area contributed by atoms with Gasteiger partial charge in [-0.05, 0) is 92.5 Å². The van der Waals surface area contributed by atoms with E-state index in [0.717, 1.165) is 11.4 Å². The van der Waals surface area contributed by atoms with Crippen molar-refractivity contribution in [2.75, 3.05) is 5.32 Å². The highest BCUT2D eigenvalue weighted by molar-refractivity contribution is 8.00. The van der Waals surface area contributed by atoms with Crippen LogP contribution in [0.5, 0.6) is 0 Å². The first-order chi connectivity index (χ1) is 25.8. The standard InChI is InChI=1S/C49H33NS2/c1-4-15-33(16-5-1)38-21-14-24-43-48(38)52-47-32-36(27-29-42(47)49(43)40-22-10-12-25-45(40)51-46-26-13-11-23-41(46)49)35-28-30-44(50-37-19-8-3-9-20-37)39(31-35)34-17-6-2-7-18-34/h1-32,50H. The largest absolute Gasteiger partial charge is 0.355 e. The molecule has 0 saturated carbocycles. The van der Waals surface area contributed by atoms with Crippen LogP contribution in [-0.4, -0.2) is 0 Å². The summed E-state index contributed by atoms with van der Waals surface area (Å²) < 4.78 is 0. The Morgan fingerprint density at radius 1 is 0.346 bits per heavy atom. The number of nitrogens with one attached hydrogen (secondary N) is 1. The summed E-state index contributed by atoms with van der Waals surface area (Å²) in [5, 5.41) is 3.68. The minimum absolute atomic E-state index is 0.462. The highest BCUT2D eigenvalue weighted by atomic mass is 32.2. The van der Waals surface area contributed by atoms with Crippen molar-refractivity contribution in [3.63, 3.8) is 0 Å². The summed E-state index contributed by atoms with van der Waals surface area (Å²) in [6, 6.07) is 71.0. The van der Waals surface area contributed by atoms with E-state index in [0.29, 0.717) is 0 Å². The quantitative estimate of drug-likeness (QED) is 0.192. The van der Waals surface area contributed by atoms with Gasteiger partial charge >= 0.3 is 0 Å². The van der Waals surface area contributed by atoms with Gasteiger partial charge in [0.15, 0.2) is 0 Å². The lowest BCUT2D eigenvalue weighted by molar-refractivity contribution is 0.668. The highest BCUT2D eigenvalue weighted by Crippen LogP contribution is 2.63. The van der Waals surface area contributed by atoms with Gasteiger partial charge in [-0.15, -0.1) is 0 Å². The molecule has 52 heavy (non-hydrogen) atoms. The fourth-order valence-corrected chi connectivity index (χ4v) is 10.6. The lowest BCUT2D eigenvalue weighted by Crippen LogP contribution is -2.36. The van der Waals surface area contributed by atoms with E-state index >= 15 is 0 Å². The minimum atomic E-state index is -0.462. The molecule has 10 rings (SSSR count). The van der Waals surface area contributed by atoms with Gasteiger partial charge in [-0.2, -0.15) is 0 Å². The lowest BCUT2D eigenvalue weighted by Gasteiger charge is -2.46. The second-order valence-corrected chi connectivity index (χ2v) is 15.5. The van der Waals surface area contributed by atoms with Crippen LogP contribution < -0.4 is 5.32 Å². The molecular formula is C49H33NS2. The number of hydrogen-bond donors (Lipinski definition) is 1. The molecule has 0 unspecified atom stereocenters. The molecule has 2 heterocycles. The number of fused-ring (bicyclic) bond motifs is 8. The molecule has 0 atom stereocenters. The van der Waals surface area contributed by atoms with Gasteiger partial charge in [0.2, 0.25) is 0 Å². The van der Waals surface area contributed by atoms with Crippen molar-refractivity contribution in [2.45, 2.75) is 25.0 Å². The molecular weight excluding hydrogens is 667 g/mol. The van der Waals surface area contributed by atoms with Crippen molar-refractivity contribution < 1.29 is 0 Å². The van der Waals surface area contributed by atoms with Crippen molar-refractivity contribution in [2.24, 2.45) is 0 Å². The van der Waals surface area contributed by atoms with E-state index in [4.69, 9.17) is 0 Å². The van der Waals surface area contributed by atoms with E-state index in [1.165, 1.54) is 75.2 Å². The van der Waals surface area contributed by atoms with Crippen molar-refractivity contribution in [1.29, 1.82) is 0 Å². The third kappa shape index (κ3) is 5.04. The number of anilines is 2. The molecule has 8 aromatic carbocycles. The molecule has 0 radical (unpaired) electrons. The first kappa shape index (κ1) is 31.0. The van der Waals surface area contributed by atoms with E-state index < -0.39 is 5.41 Å². The Kier molecular flexibility index (Phi) is 7.63. The predicted molar refractivity (Wildman–Crippen MR) is 219 cm³/mol. The zero-order valence-corrected chi connectivity index (χ0v) is 29.9. The van der Waals surface area contributed by atoms with E-state index in [9.17, 15) is 0 Å². The first-order valence-electron chi connectivity index (χ1n) is 17.7. The van der Waals surface area contributed by atoms with E-state index in [2.05, 4.69) is 199 Å². The van der Waals surface area contributed by atoms with Gasteiger partial charge in [-0.25, -0.2) is 0 Å². The molecule has 0 bridgehead atoms. The normalized spacial score (nSPS) is 13.4. The SMILES string of the molecule is c1ccc(Nc2ccc(-c3ccc4c(c3)Sc3c(-c5ccccc5)cccc3C43c4ccccc4Sc4ccccc43)cc2-c2ccccc2)cc1. The van der Waals surface area contributed by atoms with Gasteiger partial charge in [0.1, 0.15) is 0 Å². The van der Waals surface area contributed by atoms with Gasteiger partial charge in [0.05, 0.1) is 5.41 Å². The molecule has 0 saturated heterocycles. The van der Waals surface area contributed by atoms with Crippen LogP contribution in [0, 0.1) is 0 Å². The number of para-hydroxylation sites is 1. The van der Waals surface area contributed by atoms with Gasteiger partial charge in [-0.1, -0.05) is 175 Å². The molecule has 1 spiro atoms. The maximum atomic E-state index is 3.68. The summed E-state index contributed by atoms with van der Waals surface area (Å²) in [5.74, 6) is 0. The Hall–Kier alpha value is -5.74. The number of rotatable bonds is 5. The van der Waals surface area contributed by atoms with Crippen molar-refractivity contribution >= 4 is 34.9 Å².